The van der Waals surface area contributed by atoms with Crippen LogP contribution >= 0.6 is 0 Å². The van der Waals surface area contributed by atoms with Crippen molar-refractivity contribution in [1.29, 1.82) is 0 Å². The highest BCUT2D eigenvalue weighted by Crippen LogP contribution is 2.39. The van der Waals surface area contributed by atoms with Gasteiger partial charge in [-0.25, -0.2) is 4.99 Å². The lowest BCUT2D eigenvalue weighted by Crippen LogP contribution is -2.44. The topological polar surface area (TPSA) is 46.3 Å². The quantitative estimate of drug-likeness (QED) is 0.196. The number of hydrogen-bond donors (Lipinski definition) is 2. The van der Waals surface area contributed by atoms with Gasteiger partial charge in [-0.15, -0.1) is 0 Å². The van der Waals surface area contributed by atoms with Crippen molar-refractivity contribution in [2.24, 2.45) is 4.99 Å². The maximum atomic E-state index is 5.17. The van der Waals surface area contributed by atoms with Gasteiger partial charge in [0.1, 0.15) is 18.2 Å². The van der Waals surface area contributed by atoms with Crippen molar-refractivity contribution in [1.82, 2.24) is 19.8 Å². The summed E-state index contributed by atoms with van der Waals surface area (Å²) in [5.74, 6) is 0.870. The minimum atomic E-state index is -0.173. The van der Waals surface area contributed by atoms with Crippen LogP contribution in [0.4, 0.5) is 0 Å². The molecule has 0 spiro atoms. The molecule has 1 aliphatic heterocycles. The third-order valence-corrected chi connectivity index (χ3v) is 9.99. The third kappa shape index (κ3) is 4.63. The predicted molar refractivity (Wildman–Crippen MR) is 206 cm³/mol. The molecule has 0 saturated carbocycles. The van der Waals surface area contributed by atoms with Crippen LogP contribution in [0.15, 0.2) is 181 Å². The number of para-hydroxylation sites is 3. The largest absolute Gasteiger partial charge is 0.350 e. The lowest BCUT2D eigenvalue weighted by molar-refractivity contribution is 0.409. The number of amidine groups is 1. The van der Waals surface area contributed by atoms with Crippen molar-refractivity contribution < 1.29 is 0 Å². The van der Waals surface area contributed by atoms with Gasteiger partial charge in [0.25, 0.3) is 0 Å². The molecule has 0 fully saturated rings. The molecule has 2 aromatic heterocycles. The molecule has 5 heteroatoms. The van der Waals surface area contributed by atoms with Gasteiger partial charge >= 0.3 is 0 Å². The lowest BCUT2D eigenvalue weighted by atomic mass is 10.1. The Morgan fingerprint density at radius 3 is 1.52 bits per heavy atom. The maximum Gasteiger partial charge on any atom is 0.131 e. The first-order valence-electron chi connectivity index (χ1n) is 17.1. The Bertz CT molecular complexity index is 2690. The number of fused-ring (bicyclic) bond motifs is 6. The molecule has 50 heavy (non-hydrogen) atoms. The first-order chi connectivity index (χ1) is 24.8. The number of benzene rings is 7. The van der Waals surface area contributed by atoms with Gasteiger partial charge in [-0.1, -0.05) is 115 Å². The van der Waals surface area contributed by atoms with Crippen molar-refractivity contribution in [2.75, 3.05) is 0 Å². The molecular weight excluding hydrogens is 611 g/mol. The van der Waals surface area contributed by atoms with Gasteiger partial charge in [0.2, 0.25) is 0 Å². The summed E-state index contributed by atoms with van der Waals surface area (Å²) < 4.78 is 4.79. The second-order valence-electron chi connectivity index (χ2n) is 12.9. The molecule has 0 bridgehead atoms. The Morgan fingerprint density at radius 1 is 0.420 bits per heavy atom. The third-order valence-electron chi connectivity index (χ3n) is 9.99. The van der Waals surface area contributed by atoms with Crippen LogP contribution in [-0.2, 0) is 0 Å². The Labute approximate surface area is 289 Å². The average molecular weight is 644 g/mol. The van der Waals surface area contributed by atoms with E-state index in [2.05, 4.69) is 190 Å². The first-order valence-corrected chi connectivity index (χ1v) is 17.1. The molecular formula is C45H33N5. The fourth-order valence-electron chi connectivity index (χ4n) is 7.66. The van der Waals surface area contributed by atoms with Gasteiger partial charge in [-0.05, 0) is 71.8 Å². The molecule has 9 aromatic rings. The number of nitrogens with zero attached hydrogens (tertiary/aromatic N) is 3. The Balaban J connectivity index is 1.13. The van der Waals surface area contributed by atoms with Crippen molar-refractivity contribution in [3.63, 3.8) is 0 Å². The van der Waals surface area contributed by atoms with E-state index in [0.29, 0.717) is 0 Å². The van der Waals surface area contributed by atoms with E-state index < -0.39 is 0 Å². The zero-order valence-corrected chi connectivity index (χ0v) is 27.2. The fourth-order valence-corrected chi connectivity index (χ4v) is 7.66. The normalized spacial score (nSPS) is 16.2. The number of aliphatic imine (C=N–C) groups is 1. The van der Waals surface area contributed by atoms with Crippen molar-refractivity contribution in [3.05, 3.63) is 193 Å². The lowest BCUT2D eigenvalue weighted by Gasteiger charge is -2.32. The SMILES string of the molecule is c1ccc(C2N=C(c3ccc(-n4c5ccccc5c5cc6c7ccccc7n(-c7ccccc7)c6cc54)cc3)NC(c3ccccc3)N2)cc1. The van der Waals surface area contributed by atoms with Crippen LogP contribution in [0, 0.1) is 0 Å². The number of hydrogen-bond acceptors (Lipinski definition) is 3. The summed E-state index contributed by atoms with van der Waals surface area (Å²) in [6.07, 6.45) is -0.252. The molecule has 3 heterocycles. The van der Waals surface area contributed by atoms with E-state index >= 15 is 0 Å². The summed E-state index contributed by atoms with van der Waals surface area (Å²) in [6, 6.07) is 62.7. The minimum absolute atomic E-state index is 0.0790. The molecule has 7 aromatic carbocycles. The van der Waals surface area contributed by atoms with Crippen LogP contribution in [-0.4, -0.2) is 15.0 Å². The van der Waals surface area contributed by atoms with Gasteiger partial charge in [0.15, 0.2) is 0 Å². The molecule has 2 N–H and O–H groups in total. The smallest absolute Gasteiger partial charge is 0.131 e. The summed E-state index contributed by atoms with van der Waals surface area (Å²) in [6.45, 7) is 0. The van der Waals surface area contributed by atoms with E-state index in [4.69, 9.17) is 4.99 Å². The number of rotatable bonds is 5. The van der Waals surface area contributed by atoms with Crippen molar-refractivity contribution in [2.45, 2.75) is 12.3 Å². The number of aromatic nitrogens is 2. The highest BCUT2D eigenvalue weighted by atomic mass is 15.3. The first kappa shape index (κ1) is 28.6. The molecule has 0 aliphatic carbocycles. The molecule has 1 aliphatic rings. The summed E-state index contributed by atoms with van der Waals surface area (Å²) in [5.41, 5.74) is 10.4. The minimum Gasteiger partial charge on any atom is -0.350 e. The van der Waals surface area contributed by atoms with Crippen LogP contribution < -0.4 is 10.6 Å². The number of nitrogens with one attached hydrogen (secondary N) is 2. The molecule has 0 radical (unpaired) electrons. The van der Waals surface area contributed by atoms with Gasteiger partial charge in [-0.2, -0.15) is 0 Å². The average Bonchev–Trinajstić information content (AvgIpc) is 3.70. The van der Waals surface area contributed by atoms with E-state index in [-0.39, 0.29) is 12.3 Å². The van der Waals surface area contributed by atoms with E-state index in [9.17, 15) is 0 Å². The molecule has 0 amide bonds. The fraction of sp³-hybridized carbons (Fsp3) is 0.0444. The van der Waals surface area contributed by atoms with Crippen molar-refractivity contribution in [3.8, 4) is 11.4 Å². The zero-order valence-electron chi connectivity index (χ0n) is 27.2. The van der Waals surface area contributed by atoms with Gasteiger partial charge in [0.05, 0.1) is 22.1 Å². The molecule has 5 nitrogen and oxygen atoms in total. The van der Waals surface area contributed by atoms with Gasteiger partial charge in [-0.3, -0.25) is 5.32 Å². The second-order valence-corrected chi connectivity index (χ2v) is 12.9. The molecule has 238 valence electrons. The monoisotopic (exact) mass is 643 g/mol. The molecule has 0 saturated heterocycles. The van der Waals surface area contributed by atoms with E-state index in [1.54, 1.807) is 0 Å². The molecule has 2 atom stereocenters. The molecule has 2 unspecified atom stereocenters. The predicted octanol–water partition coefficient (Wildman–Crippen LogP) is 10.2. The van der Waals surface area contributed by atoms with E-state index in [0.717, 1.165) is 28.3 Å². The summed E-state index contributed by atoms with van der Waals surface area (Å²) >= 11 is 0. The highest BCUT2D eigenvalue weighted by molar-refractivity contribution is 6.19. The van der Waals surface area contributed by atoms with Gasteiger partial charge < -0.3 is 14.5 Å². The zero-order chi connectivity index (χ0) is 33.0. The Morgan fingerprint density at radius 2 is 0.920 bits per heavy atom. The van der Waals surface area contributed by atoms with E-state index in [1.165, 1.54) is 49.2 Å². The molecule has 10 rings (SSSR count). The van der Waals surface area contributed by atoms with Crippen LogP contribution in [0.25, 0.3) is 55.0 Å². The van der Waals surface area contributed by atoms with Crippen LogP contribution in [0.1, 0.15) is 29.0 Å². The highest BCUT2D eigenvalue weighted by Gasteiger charge is 2.25. The summed E-state index contributed by atoms with van der Waals surface area (Å²) in [4.78, 5) is 5.17. The maximum absolute atomic E-state index is 5.17. The summed E-state index contributed by atoms with van der Waals surface area (Å²) in [7, 11) is 0. The van der Waals surface area contributed by atoms with Gasteiger partial charge in [0, 0.05) is 38.5 Å². The Hall–Kier alpha value is -6.43. The Kier molecular flexibility index (Phi) is 6.64. The van der Waals surface area contributed by atoms with E-state index in [1.807, 2.05) is 6.07 Å². The standard InChI is InChI=1S/C45H33N5/c1-4-14-30(15-5-1)43-46-44(31-16-6-2-7-17-31)48-45(47-43)32-24-26-34(27-25-32)50-40-23-13-11-21-36(40)38-28-37-35-20-10-12-22-39(35)49(41(37)29-42(38)50)33-18-8-3-9-19-33/h1-29,43-44,46H,(H,47,48). The van der Waals surface area contributed by atoms with Crippen molar-refractivity contribution >= 4 is 49.4 Å². The van der Waals surface area contributed by atoms with Crippen LogP contribution in [0.2, 0.25) is 0 Å². The van der Waals surface area contributed by atoms with Crippen LogP contribution in [0.5, 0.6) is 0 Å². The summed E-state index contributed by atoms with van der Waals surface area (Å²) in [5, 5.41) is 12.4. The second kappa shape index (κ2) is 11.6. The van der Waals surface area contributed by atoms with Crippen LogP contribution in [0.3, 0.4) is 0 Å².